The molecule has 0 aromatic carbocycles. The average molecular weight is 139 g/mol. The van der Waals surface area contributed by atoms with Gasteiger partial charge < -0.3 is 5.73 Å². The van der Waals surface area contributed by atoms with Gasteiger partial charge in [-0.1, -0.05) is 0 Å². The zero-order chi connectivity index (χ0) is 7.28. The van der Waals surface area contributed by atoms with Gasteiger partial charge in [0.05, 0.1) is 5.41 Å². The summed E-state index contributed by atoms with van der Waals surface area (Å²) in [5.41, 5.74) is 3.49. The van der Waals surface area contributed by atoms with Crippen molar-refractivity contribution in [2.75, 3.05) is 0 Å². The van der Waals surface area contributed by atoms with Crippen molar-refractivity contribution < 1.29 is 13.2 Å². The summed E-state index contributed by atoms with van der Waals surface area (Å²) in [6.45, 7) is 1.15. The van der Waals surface area contributed by atoms with Crippen LogP contribution in [0.2, 0.25) is 0 Å². The lowest BCUT2D eigenvalue weighted by Gasteiger charge is -2.13. The van der Waals surface area contributed by atoms with Gasteiger partial charge in [-0.3, -0.25) is 0 Å². The molecule has 1 nitrogen and oxygen atoms in total. The first kappa shape index (κ1) is 6.86. The van der Waals surface area contributed by atoms with Crippen LogP contribution in [0.3, 0.4) is 0 Å². The molecule has 4 heteroatoms. The summed E-state index contributed by atoms with van der Waals surface area (Å²) in [6.07, 6.45) is -4.02. The third-order valence-corrected chi connectivity index (χ3v) is 1.95. The summed E-state index contributed by atoms with van der Waals surface area (Å²) >= 11 is 0. The number of nitrogens with two attached hydrogens (primary N) is 1. The van der Waals surface area contributed by atoms with Gasteiger partial charge in [-0.25, -0.2) is 0 Å². The van der Waals surface area contributed by atoms with Crippen LogP contribution in [-0.4, -0.2) is 12.2 Å². The number of rotatable bonds is 0. The molecule has 0 saturated heterocycles. The molecule has 9 heavy (non-hydrogen) atoms. The predicted molar refractivity (Wildman–Crippen MR) is 26.8 cm³/mol. The molecule has 1 aliphatic rings. The standard InChI is InChI=1S/C5H8F3N/c1-4(2-3(4)9)5(6,7)8/h3H,2,9H2,1H3/t3-,4+/m0/s1. The lowest BCUT2D eigenvalue weighted by molar-refractivity contribution is -0.182. The van der Waals surface area contributed by atoms with E-state index < -0.39 is 17.6 Å². The van der Waals surface area contributed by atoms with E-state index in [2.05, 4.69) is 0 Å². The Hall–Kier alpha value is -0.250. The molecule has 0 amide bonds. The molecule has 0 radical (unpaired) electrons. The lowest BCUT2D eigenvalue weighted by atomic mass is 10.1. The summed E-state index contributed by atoms with van der Waals surface area (Å²) in [5.74, 6) is 0. The monoisotopic (exact) mass is 139 g/mol. The molecule has 1 rings (SSSR count). The minimum absolute atomic E-state index is 0.0799. The van der Waals surface area contributed by atoms with Crippen LogP contribution in [0.1, 0.15) is 13.3 Å². The third-order valence-electron chi connectivity index (χ3n) is 1.95. The van der Waals surface area contributed by atoms with Gasteiger partial charge in [0.1, 0.15) is 0 Å². The zero-order valence-electron chi connectivity index (χ0n) is 5.00. The molecule has 0 aromatic heterocycles. The van der Waals surface area contributed by atoms with Crippen LogP contribution >= 0.6 is 0 Å². The number of alkyl halides is 3. The molecule has 0 aliphatic heterocycles. The molecule has 54 valence electrons. The fourth-order valence-corrected chi connectivity index (χ4v) is 0.724. The SMILES string of the molecule is C[C@@]1(C(F)(F)F)C[C@@H]1N. The van der Waals surface area contributed by atoms with Crippen LogP contribution in [0.25, 0.3) is 0 Å². The van der Waals surface area contributed by atoms with Crippen LogP contribution < -0.4 is 5.73 Å². The molecule has 1 aliphatic carbocycles. The Balaban J connectivity index is 2.64. The van der Waals surface area contributed by atoms with Crippen LogP contribution in [0, 0.1) is 5.41 Å². The Morgan fingerprint density at radius 1 is 1.56 bits per heavy atom. The van der Waals surface area contributed by atoms with Crippen molar-refractivity contribution in [2.24, 2.45) is 11.1 Å². The van der Waals surface area contributed by atoms with Gasteiger partial charge >= 0.3 is 6.18 Å². The molecular formula is C5H8F3N. The van der Waals surface area contributed by atoms with Crippen LogP contribution in [0.4, 0.5) is 13.2 Å². The van der Waals surface area contributed by atoms with Crippen LogP contribution in [0.5, 0.6) is 0 Å². The molecule has 0 unspecified atom stereocenters. The molecule has 0 aromatic rings. The van der Waals surface area contributed by atoms with Gasteiger partial charge in [0, 0.05) is 6.04 Å². The smallest absolute Gasteiger partial charge is 0.327 e. The van der Waals surface area contributed by atoms with Gasteiger partial charge in [0.25, 0.3) is 0 Å². The van der Waals surface area contributed by atoms with Crippen molar-refractivity contribution >= 4 is 0 Å². The Bertz CT molecular complexity index is 131. The number of hydrogen-bond donors (Lipinski definition) is 1. The molecule has 0 heterocycles. The molecule has 2 N–H and O–H groups in total. The van der Waals surface area contributed by atoms with E-state index in [1.807, 2.05) is 0 Å². The fourth-order valence-electron chi connectivity index (χ4n) is 0.724. The Morgan fingerprint density at radius 2 is 1.89 bits per heavy atom. The topological polar surface area (TPSA) is 26.0 Å². The summed E-state index contributed by atoms with van der Waals surface area (Å²) in [6, 6.07) is -0.669. The second kappa shape index (κ2) is 1.42. The van der Waals surface area contributed by atoms with E-state index in [0.29, 0.717) is 0 Å². The largest absolute Gasteiger partial charge is 0.395 e. The Labute approximate surface area is 51.0 Å². The highest BCUT2D eigenvalue weighted by Gasteiger charge is 2.65. The summed E-state index contributed by atoms with van der Waals surface area (Å²) in [5, 5.41) is 0. The van der Waals surface area contributed by atoms with Crippen molar-refractivity contribution in [3.63, 3.8) is 0 Å². The summed E-state index contributed by atoms with van der Waals surface area (Å²) in [4.78, 5) is 0. The summed E-state index contributed by atoms with van der Waals surface area (Å²) < 4.78 is 35.4. The maximum Gasteiger partial charge on any atom is 0.395 e. The highest BCUT2D eigenvalue weighted by atomic mass is 19.4. The Morgan fingerprint density at radius 3 is 1.89 bits per heavy atom. The van der Waals surface area contributed by atoms with Crippen molar-refractivity contribution in [1.29, 1.82) is 0 Å². The fraction of sp³-hybridized carbons (Fsp3) is 1.00. The van der Waals surface area contributed by atoms with E-state index in [1.54, 1.807) is 0 Å². The first-order valence-electron chi connectivity index (χ1n) is 2.70. The highest BCUT2D eigenvalue weighted by molar-refractivity contribution is 5.07. The van der Waals surface area contributed by atoms with Crippen molar-refractivity contribution in [3.05, 3.63) is 0 Å². The zero-order valence-corrected chi connectivity index (χ0v) is 5.00. The second-order valence-electron chi connectivity index (χ2n) is 2.73. The van der Waals surface area contributed by atoms with Gasteiger partial charge in [0.2, 0.25) is 0 Å². The number of halogens is 3. The van der Waals surface area contributed by atoms with Gasteiger partial charge in [-0.15, -0.1) is 0 Å². The molecule has 0 spiro atoms. The van der Waals surface area contributed by atoms with Crippen LogP contribution in [-0.2, 0) is 0 Å². The first-order chi connectivity index (χ1) is 3.88. The van der Waals surface area contributed by atoms with E-state index in [1.165, 1.54) is 0 Å². The predicted octanol–water partition coefficient (Wildman–Crippen LogP) is 1.29. The van der Waals surface area contributed by atoms with Crippen molar-refractivity contribution in [3.8, 4) is 0 Å². The summed E-state index contributed by atoms with van der Waals surface area (Å²) in [7, 11) is 0. The molecule has 1 fully saturated rings. The van der Waals surface area contributed by atoms with E-state index in [0.717, 1.165) is 6.92 Å². The maximum atomic E-state index is 11.8. The van der Waals surface area contributed by atoms with E-state index >= 15 is 0 Å². The second-order valence-corrected chi connectivity index (χ2v) is 2.73. The van der Waals surface area contributed by atoms with Crippen LogP contribution in [0.15, 0.2) is 0 Å². The molecule has 0 bridgehead atoms. The maximum absolute atomic E-state index is 11.8. The quantitative estimate of drug-likeness (QED) is 0.537. The average Bonchev–Trinajstić information content (AvgIpc) is 2.13. The highest BCUT2D eigenvalue weighted by Crippen LogP contribution is 2.55. The molecule has 2 atom stereocenters. The minimum atomic E-state index is -4.10. The van der Waals surface area contributed by atoms with Crippen molar-refractivity contribution in [1.82, 2.24) is 0 Å². The normalized spacial score (nSPS) is 43.0. The minimum Gasteiger partial charge on any atom is -0.327 e. The lowest BCUT2D eigenvalue weighted by Crippen LogP contribution is -2.27. The van der Waals surface area contributed by atoms with Gasteiger partial charge in [0.15, 0.2) is 0 Å². The first-order valence-corrected chi connectivity index (χ1v) is 2.70. The van der Waals surface area contributed by atoms with E-state index in [9.17, 15) is 13.2 Å². The van der Waals surface area contributed by atoms with Gasteiger partial charge in [-0.05, 0) is 13.3 Å². The molecular weight excluding hydrogens is 131 g/mol. The third kappa shape index (κ3) is 0.813. The Kier molecular flexibility index (Phi) is 1.09. The van der Waals surface area contributed by atoms with Gasteiger partial charge in [-0.2, -0.15) is 13.2 Å². The number of hydrogen-bond acceptors (Lipinski definition) is 1. The van der Waals surface area contributed by atoms with E-state index in [-0.39, 0.29) is 6.42 Å². The molecule has 1 saturated carbocycles. The van der Waals surface area contributed by atoms with E-state index in [4.69, 9.17) is 5.73 Å². The van der Waals surface area contributed by atoms with Crippen molar-refractivity contribution in [2.45, 2.75) is 25.6 Å².